The fourth-order valence-electron chi connectivity index (χ4n) is 6.45. The predicted molar refractivity (Wildman–Crippen MR) is 331 cm³/mol. The van der Waals surface area contributed by atoms with Crippen LogP contribution in [0.5, 0.6) is 0 Å². The van der Waals surface area contributed by atoms with E-state index in [9.17, 15) is 0 Å². The first-order valence-electron chi connectivity index (χ1n) is 31.9. The lowest BCUT2D eigenvalue weighted by molar-refractivity contribution is 0.202. The summed E-state index contributed by atoms with van der Waals surface area (Å²) in [6.07, 6.45) is 43.7. The fourth-order valence-corrected chi connectivity index (χ4v) is 6.45. The summed E-state index contributed by atoms with van der Waals surface area (Å²) in [7, 11) is 0. The van der Waals surface area contributed by atoms with Gasteiger partial charge in [0.1, 0.15) is 0 Å². The van der Waals surface area contributed by atoms with Crippen LogP contribution in [0.4, 0.5) is 0 Å². The molecule has 0 aliphatic carbocycles. The van der Waals surface area contributed by atoms with Gasteiger partial charge in [-0.05, 0) is 68.2 Å². The van der Waals surface area contributed by atoms with Crippen molar-refractivity contribution in [1.29, 1.82) is 0 Å². The molecule has 0 amide bonds. The Kier molecular flexibility index (Phi) is 148. The molecule has 1 aliphatic rings. The van der Waals surface area contributed by atoms with Gasteiger partial charge in [-0.2, -0.15) is 0 Å². The molecule has 0 bridgehead atoms. The third kappa shape index (κ3) is 112. The molecule has 1 heterocycles. The van der Waals surface area contributed by atoms with Gasteiger partial charge in [0.05, 0.1) is 0 Å². The highest BCUT2D eigenvalue weighted by Gasteiger charge is 2.26. The zero-order chi connectivity index (χ0) is 54.8. The minimum Gasteiger partial charge on any atom is -0.314 e. The van der Waals surface area contributed by atoms with E-state index in [1.807, 2.05) is 89.2 Å². The largest absolute Gasteiger partial charge is 0.314 e. The Labute approximate surface area is 437 Å². The molecule has 1 rings (SSSR count). The molecule has 0 aromatic rings. The second kappa shape index (κ2) is 107. The summed E-state index contributed by atoms with van der Waals surface area (Å²) >= 11 is 0. The van der Waals surface area contributed by atoms with Crippen molar-refractivity contribution in [3.05, 3.63) is 12.7 Å². The number of unbranched alkanes of at least 4 members (excludes halogenated alkanes) is 16. The first-order chi connectivity index (χ1) is 32.5. The maximum atomic E-state index is 3.79. The molecule has 1 fully saturated rings. The van der Waals surface area contributed by atoms with E-state index in [0.717, 1.165) is 35.6 Å². The lowest BCUT2D eigenvalue weighted by Crippen LogP contribution is -2.43. The molecule has 1 saturated heterocycles. The van der Waals surface area contributed by atoms with Crippen LogP contribution >= 0.6 is 0 Å². The lowest BCUT2D eigenvalue weighted by Gasteiger charge is -2.35. The maximum absolute atomic E-state index is 3.79. The normalized spacial score (nSPS) is 14.1. The minimum absolute atomic E-state index is 0.818. The van der Waals surface area contributed by atoms with Gasteiger partial charge in [0.25, 0.3) is 0 Å². The number of rotatable bonds is 28. The molecule has 0 saturated carbocycles. The molecular weight excluding hydrogens is 807 g/mol. The Balaban J connectivity index is -0.0000000632. The molecule has 1 nitrogen and oxygen atoms in total. The number of hydrogen-bond acceptors (Lipinski definition) is 1. The highest BCUT2D eigenvalue weighted by molar-refractivity contribution is 4.82. The summed E-state index contributed by atoms with van der Waals surface area (Å²) in [6, 6.07) is 0.818. The van der Waals surface area contributed by atoms with Crippen molar-refractivity contribution in [3.63, 3.8) is 0 Å². The molecule has 4 atom stereocenters. The Hall–Kier alpha value is -0.300. The topological polar surface area (TPSA) is 12.0 Å². The van der Waals surface area contributed by atoms with Crippen LogP contribution in [0.1, 0.15) is 380 Å². The molecule has 1 aliphatic heterocycles. The van der Waals surface area contributed by atoms with Gasteiger partial charge in [-0.15, -0.1) is 6.58 Å². The van der Waals surface area contributed by atoms with Crippen molar-refractivity contribution in [2.45, 2.75) is 386 Å². The minimum atomic E-state index is 0.818. The van der Waals surface area contributed by atoms with Crippen molar-refractivity contribution in [2.24, 2.45) is 29.6 Å². The van der Waals surface area contributed by atoms with Crippen LogP contribution in [-0.2, 0) is 0 Å². The zero-order valence-corrected chi connectivity index (χ0v) is 54.2. The number of hydrogen-bond donors (Lipinski definition) is 1. The van der Waals surface area contributed by atoms with Crippen LogP contribution in [0, 0.1) is 29.6 Å². The second-order valence-corrected chi connectivity index (χ2v) is 17.9. The van der Waals surface area contributed by atoms with Crippen molar-refractivity contribution in [1.82, 2.24) is 5.32 Å². The summed E-state index contributed by atoms with van der Waals surface area (Å²) in [5.41, 5.74) is 0. The Morgan fingerprint density at radius 1 is 0.418 bits per heavy atom. The summed E-state index contributed by atoms with van der Waals surface area (Å²) in [4.78, 5) is 0. The van der Waals surface area contributed by atoms with Crippen LogP contribution in [0.15, 0.2) is 12.7 Å². The molecule has 1 N–H and O–H groups in total. The zero-order valence-electron chi connectivity index (χ0n) is 54.2. The highest BCUT2D eigenvalue weighted by atomic mass is 14.9. The third-order valence-electron chi connectivity index (χ3n) is 12.0. The van der Waals surface area contributed by atoms with E-state index in [-0.39, 0.29) is 0 Å². The second-order valence-electron chi connectivity index (χ2n) is 17.9. The van der Waals surface area contributed by atoms with E-state index >= 15 is 0 Å². The van der Waals surface area contributed by atoms with Gasteiger partial charge in [-0.25, -0.2) is 0 Å². The predicted octanol–water partition coefficient (Wildman–Crippen LogP) is 26.3. The first kappa shape index (κ1) is 92.8. The molecule has 1 heteroatoms. The quantitative estimate of drug-likeness (QED) is 0.0609. The average Bonchev–Trinajstić information content (AvgIpc) is 3.39. The summed E-state index contributed by atoms with van der Waals surface area (Å²) in [5, 5.41) is 3.79. The van der Waals surface area contributed by atoms with Gasteiger partial charge in [-0.1, -0.05) is 354 Å². The van der Waals surface area contributed by atoms with Crippen molar-refractivity contribution < 1.29 is 0 Å². The standard InChI is InChI=1S/C16H33N.C15H32.C8H16.2C6H14.C3H8.6C2H6/c1-4-6-8-10-15-13-17-16(12-14(15)3)11-9-7-5-2;1-4-6-7-8-9-10-11-12-13-14-15(3)5-2;1-3-5-7-8-6-4-2;2*1-4-6(3)5-2;1-3-2;6*1-2/h14-17H,4-13H2,1-3H3;15H,4-14H2,1-3H3;3H,1,4-8H2,2H3;2*6H,4-5H2,1-3H3;3H2,1-2H3;6*1-2H3. The summed E-state index contributed by atoms with van der Waals surface area (Å²) < 4.78 is 0. The van der Waals surface area contributed by atoms with Crippen molar-refractivity contribution >= 4 is 0 Å². The molecule has 0 aromatic carbocycles. The fraction of sp³-hybridized carbons (Fsp3) is 0.970. The Morgan fingerprint density at radius 2 is 0.716 bits per heavy atom. The monoisotopic (exact) mass is 960 g/mol. The van der Waals surface area contributed by atoms with Crippen LogP contribution in [-0.4, -0.2) is 12.6 Å². The summed E-state index contributed by atoms with van der Waals surface area (Å²) in [6.45, 7) is 62.9. The van der Waals surface area contributed by atoms with Gasteiger partial charge in [0.15, 0.2) is 0 Å². The van der Waals surface area contributed by atoms with Crippen LogP contribution in [0.25, 0.3) is 0 Å². The van der Waals surface area contributed by atoms with Crippen molar-refractivity contribution in [2.75, 3.05) is 6.54 Å². The molecule has 4 unspecified atom stereocenters. The molecule has 67 heavy (non-hydrogen) atoms. The van der Waals surface area contributed by atoms with Gasteiger partial charge in [-0.3, -0.25) is 0 Å². The number of allylic oxidation sites excluding steroid dienone is 1. The molecule has 0 spiro atoms. The molecule has 0 aromatic heterocycles. The van der Waals surface area contributed by atoms with Gasteiger partial charge >= 0.3 is 0 Å². The molecular formula is C66H153N. The van der Waals surface area contributed by atoms with Gasteiger partial charge < -0.3 is 5.32 Å². The van der Waals surface area contributed by atoms with E-state index in [4.69, 9.17) is 0 Å². The van der Waals surface area contributed by atoms with E-state index < -0.39 is 0 Å². The Morgan fingerprint density at radius 3 is 1.01 bits per heavy atom. The molecule has 422 valence electrons. The number of nitrogens with one attached hydrogen (secondary N) is 1. The van der Waals surface area contributed by atoms with E-state index in [0.29, 0.717) is 0 Å². The first-order valence-corrected chi connectivity index (χ1v) is 31.9. The average molecular weight is 961 g/mol. The molecule has 0 radical (unpaired) electrons. The van der Waals surface area contributed by atoms with Crippen LogP contribution < -0.4 is 5.32 Å². The Bertz CT molecular complexity index is 595. The maximum Gasteiger partial charge on any atom is 0.00698 e. The van der Waals surface area contributed by atoms with E-state index in [1.165, 1.54) is 199 Å². The van der Waals surface area contributed by atoms with E-state index in [1.54, 1.807) is 0 Å². The van der Waals surface area contributed by atoms with E-state index in [2.05, 4.69) is 116 Å². The van der Waals surface area contributed by atoms with Gasteiger partial charge in [0.2, 0.25) is 0 Å². The van der Waals surface area contributed by atoms with Crippen LogP contribution in [0.2, 0.25) is 0 Å². The third-order valence-corrected chi connectivity index (χ3v) is 12.0. The highest BCUT2D eigenvalue weighted by Crippen LogP contribution is 2.28. The number of piperidine rings is 1. The van der Waals surface area contributed by atoms with Gasteiger partial charge in [0, 0.05) is 6.04 Å². The smallest absolute Gasteiger partial charge is 0.00698 e. The van der Waals surface area contributed by atoms with Crippen molar-refractivity contribution in [3.8, 4) is 0 Å². The van der Waals surface area contributed by atoms with Crippen LogP contribution in [0.3, 0.4) is 0 Å². The lowest BCUT2D eigenvalue weighted by atomic mass is 9.80. The SMILES string of the molecule is C=CCCCCCC.CC.CC.CC.CC.CC.CC.CCC.CCC(C)CC.CCC(C)CC.CCCCCC1CC(C)C(CCCCC)CN1.CCCCCCCCCCCC(C)CC. The summed E-state index contributed by atoms with van der Waals surface area (Å²) in [5.74, 6) is 4.72.